The molecule has 0 unspecified atom stereocenters. The van der Waals surface area contributed by atoms with Crippen molar-refractivity contribution >= 4 is 11.6 Å². The first-order chi connectivity index (χ1) is 11.3. The summed E-state index contributed by atoms with van der Waals surface area (Å²) in [5.74, 6) is -0.163. The van der Waals surface area contributed by atoms with Gasteiger partial charge in [0.25, 0.3) is 0 Å². The van der Waals surface area contributed by atoms with E-state index in [1.165, 1.54) is 6.33 Å². The van der Waals surface area contributed by atoms with E-state index in [2.05, 4.69) is 20.8 Å². The Kier molecular flexibility index (Phi) is 4.42. The minimum Gasteiger partial charge on any atom is -0.326 e. The lowest BCUT2D eigenvalue weighted by Crippen LogP contribution is -2.20. The van der Waals surface area contributed by atoms with E-state index in [0.29, 0.717) is 0 Å². The normalized spacial score (nSPS) is 11.9. The summed E-state index contributed by atoms with van der Waals surface area (Å²) in [6.07, 6.45) is 2.27. The van der Waals surface area contributed by atoms with Crippen LogP contribution in [0.4, 0.5) is 5.69 Å². The Morgan fingerprint density at radius 2 is 1.87 bits per heavy atom. The molecule has 0 fully saturated rings. The molecule has 0 aliphatic rings. The predicted molar refractivity (Wildman–Crippen MR) is 87.3 cm³/mol. The fourth-order valence-electron chi connectivity index (χ4n) is 2.46. The van der Waals surface area contributed by atoms with Crippen molar-refractivity contribution in [3.63, 3.8) is 0 Å². The Morgan fingerprint density at radius 1 is 1.13 bits per heavy atom. The summed E-state index contributed by atoms with van der Waals surface area (Å²) >= 11 is 0. The van der Waals surface area contributed by atoms with E-state index in [1.54, 1.807) is 4.68 Å². The lowest BCUT2D eigenvalue weighted by Gasteiger charge is -2.15. The largest absolute Gasteiger partial charge is 0.326 e. The van der Waals surface area contributed by atoms with Crippen LogP contribution in [-0.4, -0.2) is 26.1 Å². The first-order valence-corrected chi connectivity index (χ1v) is 7.47. The second-order valence-corrected chi connectivity index (χ2v) is 5.16. The van der Waals surface area contributed by atoms with Gasteiger partial charge in [-0.2, -0.15) is 0 Å². The molecule has 0 saturated heterocycles. The zero-order valence-electron chi connectivity index (χ0n) is 12.8. The van der Waals surface area contributed by atoms with Crippen LogP contribution < -0.4 is 5.32 Å². The fourth-order valence-corrected chi connectivity index (χ4v) is 2.46. The standard InChI is InChI=1S/C17H17N5O/c1-2-16(13-6-4-3-5-7-13)17(23)19-14-8-10-15(11-9-14)22-12-18-20-21-22/h3-12,16H,2H2,1H3,(H,19,23)/t16-/m0/s1. The summed E-state index contributed by atoms with van der Waals surface area (Å²) < 4.78 is 1.56. The molecule has 1 heterocycles. The Balaban J connectivity index is 1.72. The minimum absolute atomic E-state index is 0.00567. The molecule has 3 aromatic rings. The first kappa shape index (κ1) is 14.9. The van der Waals surface area contributed by atoms with Gasteiger partial charge in [-0.05, 0) is 46.7 Å². The fraction of sp³-hybridized carbons (Fsp3) is 0.176. The van der Waals surface area contributed by atoms with Crippen LogP contribution in [0.25, 0.3) is 5.69 Å². The van der Waals surface area contributed by atoms with E-state index in [9.17, 15) is 4.79 Å². The van der Waals surface area contributed by atoms with Gasteiger partial charge < -0.3 is 5.32 Å². The molecule has 2 aromatic carbocycles. The third-order valence-electron chi connectivity index (χ3n) is 3.68. The number of hydrogen-bond acceptors (Lipinski definition) is 4. The van der Waals surface area contributed by atoms with Gasteiger partial charge in [0.15, 0.2) is 0 Å². The molecule has 0 saturated carbocycles. The molecule has 1 amide bonds. The average Bonchev–Trinajstić information content (AvgIpc) is 3.12. The Labute approximate surface area is 134 Å². The molecule has 1 N–H and O–H groups in total. The van der Waals surface area contributed by atoms with Crippen LogP contribution in [0.5, 0.6) is 0 Å². The van der Waals surface area contributed by atoms with Gasteiger partial charge in [-0.15, -0.1) is 5.10 Å². The van der Waals surface area contributed by atoms with Crippen molar-refractivity contribution in [3.8, 4) is 5.69 Å². The summed E-state index contributed by atoms with van der Waals surface area (Å²) in [5, 5.41) is 14.0. The predicted octanol–water partition coefficient (Wildman–Crippen LogP) is 2.79. The number of rotatable bonds is 5. The molecule has 0 bridgehead atoms. The number of nitrogens with one attached hydrogen (secondary N) is 1. The maximum atomic E-state index is 12.5. The second kappa shape index (κ2) is 6.83. The summed E-state index contributed by atoms with van der Waals surface area (Å²) in [5.41, 5.74) is 2.61. The van der Waals surface area contributed by atoms with Crippen LogP contribution in [0.1, 0.15) is 24.8 Å². The molecule has 0 aliphatic carbocycles. The topological polar surface area (TPSA) is 72.7 Å². The van der Waals surface area contributed by atoms with Gasteiger partial charge >= 0.3 is 0 Å². The molecule has 6 heteroatoms. The zero-order valence-corrected chi connectivity index (χ0v) is 12.8. The third kappa shape index (κ3) is 3.42. The maximum Gasteiger partial charge on any atom is 0.231 e. The molecule has 23 heavy (non-hydrogen) atoms. The number of benzene rings is 2. The van der Waals surface area contributed by atoms with Crippen LogP contribution >= 0.6 is 0 Å². The summed E-state index contributed by atoms with van der Waals surface area (Å²) in [7, 11) is 0. The maximum absolute atomic E-state index is 12.5. The number of amides is 1. The van der Waals surface area contributed by atoms with Gasteiger partial charge in [0.2, 0.25) is 5.91 Å². The van der Waals surface area contributed by atoms with Crippen LogP contribution in [0, 0.1) is 0 Å². The van der Waals surface area contributed by atoms with Crippen molar-refractivity contribution in [1.82, 2.24) is 20.2 Å². The molecule has 3 rings (SSSR count). The quantitative estimate of drug-likeness (QED) is 0.786. The monoisotopic (exact) mass is 307 g/mol. The molecule has 6 nitrogen and oxygen atoms in total. The van der Waals surface area contributed by atoms with Crippen molar-refractivity contribution in [1.29, 1.82) is 0 Å². The zero-order chi connectivity index (χ0) is 16.1. The molecular weight excluding hydrogens is 290 g/mol. The van der Waals surface area contributed by atoms with E-state index < -0.39 is 0 Å². The average molecular weight is 307 g/mol. The molecule has 1 atom stereocenters. The van der Waals surface area contributed by atoms with E-state index in [-0.39, 0.29) is 11.8 Å². The van der Waals surface area contributed by atoms with Gasteiger partial charge in [-0.1, -0.05) is 37.3 Å². The number of nitrogens with zero attached hydrogens (tertiary/aromatic N) is 4. The van der Waals surface area contributed by atoms with E-state index in [4.69, 9.17) is 0 Å². The third-order valence-corrected chi connectivity index (χ3v) is 3.68. The van der Waals surface area contributed by atoms with Crippen molar-refractivity contribution in [2.45, 2.75) is 19.3 Å². The number of carbonyl (C=O) groups excluding carboxylic acids is 1. The van der Waals surface area contributed by atoms with Gasteiger partial charge in [0.1, 0.15) is 6.33 Å². The molecule has 116 valence electrons. The van der Waals surface area contributed by atoms with E-state index >= 15 is 0 Å². The summed E-state index contributed by atoms with van der Waals surface area (Å²) in [4.78, 5) is 12.5. The number of hydrogen-bond donors (Lipinski definition) is 1. The van der Waals surface area contributed by atoms with Crippen molar-refractivity contribution < 1.29 is 4.79 Å². The molecule has 0 aliphatic heterocycles. The Hall–Kier alpha value is -3.02. The van der Waals surface area contributed by atoms with Crippen LogP contribution in [0.3, 0.4) is 0 Å². The Morgan fingerprint density at radius 3 is 2.48 bits per heavy atom. The second-order valence-electron chi connectivity index (χ2n) is 5.16. The highest BCUT2D eigenvalue weighted by Crippen LogP contribution is 2.22. The van der Waals surface area contributed by atoms with Crippen molar-refractivity contribution in [2.75, 3.05) is 5.32 Å². The van der Waals surface area contributed by atoms with E-state index in [0.717, 1.165) is 23.4 Å². The highest BCUT2D eigenvalue weighted by Gasteiger charge is 2.18. The lowest BCUT2D eigenvalue weighted by molar-refractivity contribution is -0.117. The first-order valence-electron chi connectivity index (χ1n) is 7.47. The number of tetrazole rings is 1. The van der Waals surface area contributed by atoms with Crippen LogP contribution in [0.15, 0.2) is 60.9 Å². The Bertz CT molecular complexity index is 753. The van der Waals surface area contributed by atoms with Crippen molar-refractivity contribution in [3.05, 3.63) is 66.5 Å². The van der Waals surface area contributed by atoms with Gasteiger partial charge in [-0.25, -0.2) is 4.68 Å². The molecular formula is C17H17N5O. The summed E-state index contributed by atoms with van der Waals surface area (Å²) in [6, 6.07) is 17.2. The highest BCUT2D eigenvalue weighted by atomic mass is 16.1. The molecule has 0 radical (unpaired) electrons. The van der Waals surface area contributed by atoms with Gasteiger partial charge in [0, 0.05) is 5.69 Å². The smallest absolute Gasteiger partial charge is 0.231 e. The van der Waals surface area contributed by atoms with Gasteiger partial charge in [0.05, 0.1) is 11.6 Å². The van der Waals surface area contributed by atoms with Crippen molar-refractivity contribution in [2.24, 2.45) is 0 Å². The van der Waals surface area contributed by atoms with Gasteiger partial charge in [-0.3, -0.25) is 4.79 Å². The highest BCUT2D eigenvalue weighted by molar-refractivity contribution is 5.95. The van der Waals surface area contributed by atoms with Crippen LogP contribution in [0.2, 0.25) is 0 Å². The minimum atomic E-state index is -0.157. The lowest BCUT2D eigenvalue weighted by atomic mass is 9.95. The summed E-state index contributed by atoms with van der Waals surface area (Å²) in [6.45, 7) is 2.01. The number of anilines is 1. The van der Waals surface area contributed by atoms with Crippen LogP contribution in [-0.2, 0) is 4.79 Å². The molecule has 0 spiro atoms. The molecule has 1 aromatic heterocycles. The SMILES string of the molecule is CC[C@H](C(=O)Nc1ccc(-n2cnnn2)cc1)c1ccccc1. The number of carbonyl (C=O) groups is 1. The number of aromatic nitrogens is 4. The van der Waals surface area contributed by atoms with E-state index in [1.807, 2.05) is 61.5 Å².